The lowest BCUT2D eigenvalue weighted by Gasteiger charge is -2.20. The largest absolute Gasteiger partial charge is 0.494 e. The number of nitrogens with zero attached hydrogens (tertiary/aromatic N) is 4. The summed E-state index contributed by atoms with van der Waals surface area (Å²) in [5, 5.41) is 11.3. The number of methoxy groups -OCH3 is 1. The Balaban J connectivity index is 0.00000280. The molecule has 0 saturated carbocycles. The van der Waals surface area contributed by atoms with Gasteiger partial charge in [0.1, 0.15) is 16.2 Å². The smallest absolute Gasteiger partial charge is 0.433 e. The third-order valence-electron chi connectivity index (χ3n) is 3.82. The normalized spacial score (nSPS) is 10.7. The highest BCUT2D eigenvalue weighted by molar-refractivity contribution is 7.22. The molecule has 0 aliphatic rings. The van der Waals surface area contributed by atoms with Crippen LogP contribution in [0.3, 0.4) is 0 Å². The van der Waals surface area contributed by atoms with Gasteiger partial charge in [0.05, 0.1) is 17.9 Å². The maximum absolute atomic E-state index is 13.0. The van der Waals surface area contributed by atoms with E-state index in [0.717, 1.165) is 4.70 Å². The molecule has 0 spiro atoms. The molecule has 0 fully saturated rings. The van der Waals surface area contributed by atoms with E-state index in [4.69, 9.17) is 9.15 Å². The van der Waals surface area contributed by atoms with Crippen LogP contribution in [-0.4, -0.2) is 55.0 Å². The average molecular weight is 427 g/mol. The molecule has 1 amide bonds. The van der Waals surface area contributed by atoms with E-state index in [9.17, 15) is 14.9 Å². The molecule has 2 aromatic heterocycles. The van der Waals surface area contributed by atoms with Crippen molar-refractivity contribution in [2.75, 3.05) is 39.2 Å². The summed E-state index contributed by atoms with van der Waals surface area (Å²) in [6, 6.07) is 8.01. The second kappa shape index (κ2) is 9.00. The number of benzene rings is 1. The molecule has 0 N–H and O–H groups in total. The van der Waals surface area contributed by atoms with Gasteiger partial charge >= 0.3 is 5.88 Å². The van der Waals surface area contributed by atoms with Crippen LogP contribution in [0.15, 0.2) is 34.7 Å². The molecule has 28 heavy (non-hydrogen) atoms. The van der Waals surface area contributed by atoms with Gasteiger partial charge in [-0.25, -0.2) is 4.98 Å². The van der Waals surface area contributed by atoms with Crippen LogP contribution >= 0.6 is 23.7 Å². The number of nitro groups is 1. The maximum atomic E-state index is 13.0. The number of halogens is 1. The van der Waals surface area contributed by atoms with Crippen LogP contribution in [-0.2, 0) is 0 Å². The monoisotopic (exact) mass is 426 g/mol. The molecule has 0 aliphatic heterocycles. The number of thiazole rings is 1. The van der Waals surface area contributed by atoms with Gasteiger partial charge in [-0.1, -0.05) is 17.4 Å². The fraction of sp³-hybridized carbons (Fsp3) is 0.294. The van der Waals surface area contributed by atoms with Crippen molar-refractivity contribution >= 4 is 50.9 Å². The fourth-order valence-corrected chi connectivity index (χ4v) is 3.46. The standard InChI is InChI=1S/C17H18N4O5S.ClH/c1-19(2)9-10-20(16(22)12-7-8-14(26-12)21(23)24)17-18-15-11(25-3)5-4-6-13(15)27-17;/h4-8H,9-10H2,1-3H3;1H. The first kappa shape index (κ1) is 21.6. The van der Waals surface area contributed by atoms with Crippen molar-refractivity contribution in [3.05, 3.63) is 46.2 Å². The summed E-state index contributed by atoms with van der Waals surface area (Å²) in [5.41, 5.74) is 0.660. The van der Waals surface area contributed by atoms with Crippen LogP contribution in [0.5, 0.6) is 5.75 Å². The molecular formula is C17H19ClN4O5S. The molecule has 3 rings (SSSR count). The molecule has 0 atom stereocenters. The quantitative estimate of drug-likeness (QED) is 0.421. The Hall–Kier alpha value is -2.69. The minimum atomic E-state index is -0.677. The molecule has 1 aromatic carbocycles. The number of hydrogen-bond acceptors (Lipinski definition) is 8. The summed E-state index contributed by atoms with van der Waals surface area (Å²) >= 11 is 1.34. The van der Waals surface area contributed by atoms with E-state index in [1.807, 2.05) is 31.1 Å². The van der Waals surface area contributed by atoms with E-state index in [1.165, 1.54) is 28.4 Å². The van der Waals surface area contributed by atoms with Crippen molar-refractivity contribution in [1.29, 1.82) is 0 Å². The Morgan fingerprint density at radius 1 is 1.29 bits per heavy atom. The lowest BCUT2D eigenvalue weighted by molar-refractivity contribution is -0.402. The highest BCUT2D eigenvalue weighted by atomic mass is 35.5. The fourth-order valence-electron chi connectivity index (χ4n) is 2.45. The van der Waals surface area contributed by atoms with Crippen LogP contribution in [0, 0.1) is 10.1 Å². The lowest BCUT2D eigenvalue weighted by atomic mass is 10.3. The molecule has 0 radical (unpaired) electrons. The summed E-state index contributed by atoms with van der Waals surface area (Å²) in [5.74, 6) is -0.449. The Morgan fingerprint density at radius 3 is 2.64 bits per heavy atom. The molecule has 9 nitrogen and oxygen atoms in total. The predicted octanol–water partition coefficient (Wildman–Crippen LogP) is 3.44. The summed E-state index contributed by atoms with van der Waals surface area (Å²) in [4.78, 5) is 31.1. The Labute approximate surface area is 171 Å². The first-order valence-electron chi connectivity index (χ1n) is 8.05. The number of rotatable bonds is 7. The molecule has 0 saturated heterocycles. The molecular weight excluding hydrogens is 408 g/mol. The molecule has 11 heteroatoms. The Bertz CT molecular complexity index is 987. The molecule has 0 bridgehead atoms. The second-order valence-corrected chi connectivity index (χ2v) is 6.97. The number of anilines is 1. The van der Waals surface area contributed by atoms with Crippen LogP contribution < -0.4 is 9.64 Å². The van der Waals surface area contributed by atoms with Crippen LogP contribution in [0.4, 0.5) is 11.0 Å². The Morgan fingerprint density at radius 2 is 2.04 bits per heavy atom. The van der Waals surface area contributed by atoms with Crippen molar-refractivity contribution in [2.45, 2.75) is 0 Å². The first-order chi connectivity index (χ1) is 12.9. The van der Waals surface area contributed by atoms with Crippen LogP contribution in [0.1, 0.15) is 10.6 Å². The maximum Gasteiger partial charge on any atom is 0.433 e. The van der Waals surface area contributed by atoms with Gasteiger partial charge < -0.3 is 14.1 Å². The van der Waals surface area contributed by atoms with Gasteiger partial charge in [-0.15, -0.1) is 12.4 Å². The van der Waals surface area contributed by atoms with Gasteiger partial charge in [0.15, 0.2) is 10.9 Å². The van der Waals surface area contributed by atoms with Gasteiger partial charge in [-0.05, 0) is 32.3 Å². The van der Waals surface area contributed by atoms with E-state index < -0.39 is 16.7 Å². The number of likely N-dealkylation sites (N-methyl/N-ethyl adjacent to an activating group) is 1. The predicted molar refractivity (Wildman–Crippen MR) is 109 cm³/mol. The van der Waals surface area contributed by atoms with Gasteiger partial charge in [0.25, 0.3) is 5.91 Å². The van der Waals surface area contributed by atoms with Crippen molar-refractivity contribution in [3.63, 3.8) is 0 Å². The van der Waals surface area contributed by atoms with Crippen LogP contribution in [0.2, 0.25) is 0 Å². The highest BCUT2D eigenvalue weighted by Crippen LogP contribution is 2.34. The molecule has 3 aromatic rings. The number of hydrogen-bond donors (Lipinski definition) is 0. The molecule has 150 valence electrons. The summed E-state index contributed by atoms with van der Waals surface area (Å²) in [7, 11) is 5.34. The number of para-hydroxylation sites is 1. The van der Waals surface area contributed by atoms with Gasteiger partial charge in [0.2, 0.25) is 0 Å². The molecule has 0 aliphatic carbocycles. The number of furan rings is 1. The Kier molecular flexibility index (Phi) is 6.95. The number of carbonyl (C=O) groups excluding carboxylic acids is 1. The van der Waals surface area contributed by atoms with Crippen molar-refractivity contribution in [2.24, 2.45) is 0 Å². The SMILES string of the molecule is COc1cccc2sc(N(CCN(C)C)C(=O)c3ccc([N+](=O)[O-])o3)nc12.Cl. The van der Waals surface area contributed by atoms with Gasteiger partial charge in [0, 0.05) is 13.1 Å². The van der Waals surface area contributed by atoms with Crippen molar-refractivity contribution < 1.29 is 18.9 Å². The van der Waals surface area contributed by atoms with Crippen molar-refractivity contribution in [1.82, 2.24) is 9.88 Å². The van der Waals surface area contributed by atoms with Gasteiger partial charge in [-0.3, -0.25) is 19.8 Å². The zero-order valence-corrected chi connectivity index (χ0v) is 17.1. The van der Waals surface area contributed by atoms with E-state index in [0.29, 0.717) is 29.5 Å². The van der Waals surface area contributed by atoms with Crippen LogP contribution in [0.25, 0.3) is 10.2 Å². The zero-order chi connectivity index (χ0) is 19.6. The number of carbonyl (C=O) groups is 1. The summed E-state index contributed by atoms with van der Waals surface area (Å²) < 4.78 is 11.3. The van der Waals surface area contributed by atoms with Gasteiger partial charge in [-0.2, -0.15) is 0 Å². The average Bonchev–Trinajstić information content (AvgIpc) is 3.28. The minimum absolute atomic E-state index is 0. The third-order valence-corrected chi connectivity index (χ3v) is 4.86. The zero-order valence-electron chi connectivity index (χ0n) is 15.4. The highest BCUT2D eigenvalue weighted by Gasteiger charge is 2.26. The first-order valence-corrected chi connectivity index (χ1v) is 8.86. The minimum Gasteiger partial charge on any atom is -0.494 e. The van der Waals surface area contributed by atoms with E-state index in [2.05, 4.69) is 4.98 Å². The van der Waals surface area contributed by atoms with Crippen molar-refractivity contribution in [3.8, 4) is 5.75 Å². The summed E-state index contributed by atoms with van der Waals surface area (Å²) in [6.07, 6.45) is 0. The molecule has 0 unspecified atom stereocenters. The topological polar surface area (TPSA) is 102 Å². The molecule has 2 heterocycles. The number of aromatic nitrogens is 1. The van der Waals surface area contributed by atoms with E-state index >= 15 is 0 Å². The lowest BCUT2D eigenvalue weighted by Crippen LogP contribution is -2.36. The summed E-state index contributed by atoms with van der Waals surface area (Å²) in [6.45, 7) is 0.935. The number of amides is 1. The third kappa shape index (κ3) is 4.41. The number of ether oxygens (including phenoxy) is 1. The van der Waals surface area contributed by atoms with E-state index in [-0.39, 0.29) is 18.2 Å². The second-order valence-electron chi connectivity index (χ2n) is 5.96. The number of fused-ring (bicyclic) bond motifs is 1. The van der Waals surface area contributed by atoms with E-state index in [1.54, 1.807) is 13.2 Å².